The monoisotopic (exact) mass is 352 g/mol. The second-order valence-corrected chi connectivity index (χ2v) is 7.30. The minimum Gasteiger partial charge on any atom is -0.496 e. The van der Waals surface area contributed by atoms with E-state index in [-0.39, 0.29) is 28.7 Å². The van der Waals surface area contributed by atoms with E-state index in [0.29, 0.717) is 18.8 Å². The van der Waals surface area contributed by atoms with Gasteiger partial charge in [0.15, 0.2) is 5.82 Å². The number of rotatable bonds is 5. The van der Waals surface area contributed by atoms with Crippen LogP contribution in [0.15, 0.2) is 34.0 Å². The zero-order chi connectivity index (χ0) is 17.3. The molecule has 2 heterocycles. The molecule has 1 amide bonds. The van der Waals surface area contributed by atoms with Crippen molar-refractivity contribution in [2.24, 2.45) is 5.73 Å². The SMILES string of the molecule is COc1ccc(S(=O)(=O)N2CC[C@@H](c3ncon3)C2)cc1C(N)=O. The van der Waals surface area contributed by atoms with Crippen molar-refractivity contribution in [3.8, 4) is 5.75 Å². The minimum atomic E-state index is -3.76. The van der Waals surface area contributed by atoms with Crippen molar-refractivity contribution in [3.63, 3.8) is 0 Å². The Bertz CT molecular complexity index is 850. The molecule has 0 spiro atoms. The van der Waals surface area contributed by atoms with Gasteiger partial charge >= 0.3 is 0 Å². The number of hydrogen-bond acceptors (Lipinski definition) is 7. The number of aromatic nitrogens is 2. The molecule has 3 rings (SSSR count). The zero-order valence-corrected chi connectivity index (χ0v) is 13.7. The van der Waals surface area contributed by atoms with Crippen LogP contribution in [0.2, 0.25) is 0 Å². The fraction of sp³-hybridized carbons (Fsp3) is 0.357. The summed E-state index contributed by atoms with van der Waals surface area (Å²) in [5.41, 5.74) is 5.31. The fourth-order valence-corrected chi connectivity index (χ4v) is 4.23. The summed E-state index contributed by atoms with van der Waals surface area (Å²) in [5.74, 6) is -0.157. The van der Waals surface area contributed by atoms with E-state index < -0.39 is 15.9 Å². The number of carbonyl (C=O) groups excluding carboxylic acids is 1. The highest BCUT2D eigenvalue weighted by atomic mass is 32.2. The number of methoxy groups -OCH3 is 1. The summed E-state index contributed by atoms with van der Waals surface area (Å²) in [4.78, 5) is 15.5. The Morgan fingerprint density at radius 3 is 2.88 bits per heavy atom. The van der Waals surface area contributed by atoms with Crippen molar-refractivity contribution < 1.29 is 22.5 Å². The Balaban J connectivity index is 1.89. The molecular formula is C14H16N4O5S. The largest absolute Gasteiger partial charge is 0.496 e. The summed E-state index contributed by atoms with van der Waals surface area (Å²) in [6, 6.07) is 4.04. The molecule has 1 fully saturated rings. The molecule has 1 aromatic carbocycles. The number of hydrogen-bond donors (Lipinski definition) is 1. The average Bonchev–Trinajstić information content (AvgIpc) is 3.25. The molecule has 0 aliphatic carbocycles. The third-order valence-corrected chi connectivity index (χ3v) is 5.83. The van der Waals surface area contributed by atoms with Gasteiger partial charge in [-0.3, -0.25) is 4.79 Å². The fourth-order valence-electron chi connectivity index (χ4n) is 2.71. The summed E-state index contributed by atoms with van der Waals surface area (Å²) in [6.07, 6.45) is 1.81. The third-order valence-electron chi connectivity index (χ3n) is 3.97. The van der Waals surface area contributed by atoms with Crippen molar-refractivity contribution in [2.75, 3.05) is 20.2 Å². The molecule has 1 aromatic heterocycles. The summed E-state index contributed by atoms with van der Waals surface area (Å²) < 4.78 is 36.7. The Morgan fingerprint density at radius 2 is 2.25 bits per heavy atom. The first-order valence-corrected chi connectivity index (χ1v) is 8.61. The van der Waals surface area contributed by atoms with E-state index >= 15 is 0 Å². The number of primary amides is 1. The predicted molar refractivity (Wildman–Crippen MR) is 81.9 cm³/mol. The molecule has 0 saturated carbocycles. The molecule has 128 valence electrons. The Kier molecular flexibility index (Phi) is 4.24. The molecule has 24 heavy (non-hydrogen) atoms. The van der Waals surface area contributed by atoms with E-state index in [4.69, 9.17) is 15.0 Å². The summed E-state index contributed by atoms with van der Waals surface area (Å²) in [7, 11) is -2.38. The predicted octanol–water partition coefficient (Wildman–Crippen LogP) is 0.355. The van der Waals surface area contributed by atoms with E-state index in [1.165, 1.54) is 36.0 Å². The molecule has 0 unspecified atom stereocenters. The maximum Gasteiger partial charge on any atom is 0.252 e. The molecule has 1 atom stereocenters. The van der Waals surface area contributed by atoms with Crippen LogP contribution in [0.4, 0.5) is 0 Å². The van der Waals surface area contributed by atoms with Gasteiger partial charge in [-0.15, -0.1) is 0 Å². The highest BCUT2D eigenvalue weighted by molar-refractivity contribution is 7.89. The van der Waals surface area contributed by atoms with Crippen molar-refractivity contribution in [1.82, 2.24) is 14.4 Å². The molecule has 2 aromatic rings. The lowest BCUT2D eigenvalue weighted by molar-refractivity contribution is 0.0997. The molecule has 0 radical (unpaired) electrons. The summed E-state index contributed by atoms with van der Waals surface area (Å²) in [5, 5.41) is 3.76. The smallest absolute Gasteiger partial charge is 0.252 e. The number of nitrogens with zero attached hydrogens (tertiary/aromatic N) is 3. The van der Waals surface area contributed by atoms with Gasteiger partial charge in [0.05, 0.1) is 17.6 Å². The van der Waals surface area contributed by atoms with Gasteiger partial charge in [0.25, 0.3) is 5.91 Å². The quantitative estimate of drug-likeness (QED) is 0.822. The second-order valence-electron chi connectivity index (χ2n) is 5.36. The lowest BCUT2D eigenvalue weighted by Crippen LogP contribution is -2.29. The van der Waals surface area contributed by atoms with Crippen LogP contribution in [-0.2, 0) is 10.0 Å². The van der Waals surface area contributed by atoms with Crippen LogP contribution in [0.3, 0.4) is 0 Å². The van der Waals surface area contributed by atoms with E-state index in [1.807, 2.05) is 0 Å². The topological polar surface area (TPSA) is 129 Å². The maximum atomic E-state index is 12.8. The average molecular weight is 352 g/mol. The molecule has 1 aliphatic heterocycles. The first kappa shape index (κ1) is 16.4. The Hall–Kier alpha value is -2.46. The number of ether oxygens (including phenoxy) is 1. The van der Waals surface area contributed by atoms with Crippen LogP contribution >= 0.6 is 0 Å². The third kappa shape index (κ3) is 2.85. The van der Waals surface area contributed by atoms with Crippen LogP contribution in [0.5, 0.6) is 5.75 Å². The van der Waals surface area contributed by atoms with Gasteiger partial charge in [0, 0.05) is 19.0 Å². The van der Waals surface area contributed by atoms with Gasteiger partial charge in [0.2, 0.25) is 16.4 Å². The first-order valence-electron chi connectivity index (χ1n) is 7.17. The highest BCUT2D eigenvalue weighted by Gasteiger charge is 2.35. The molecule has 10 heteroatoms. The molecule has 0 bridgehead atoms. The summed E-state index contributed by atoms with van der Waals surface area (Å²) in [6.45, 7) is 0.583. The number of benzene rings is 1. The van der Waals surface area contributed by atoms with E-state index in [9.17, 15) is 13.2 Å². The molecule has 1 saturated heterocycles. The zero-order valence-electron chi connectivity index (χ0n) is 12.9. The normalized spacial score (nSPS) is 18.6. The number of sulfonamides is 1. The van der Waals surface area contributed by atoms with Crippen molar-refractivity contribution in [1.29, 1.82) is 0 Å². The van der Waals surface area contributed by atoms with Gasteiger partial charge in [-0.1, -0.05) is 5.16 Å². The second kappa shape index (κ2) is 6.21. The minimum absolute atomic E-state index is 0.00846. The molecule has 9 nitrogen and oxygen atoms in total. The van der Waals surface area contributed by atoms with Gasteiger partial charge < -0.3 is 15.0 Å². The van der Waals surface area contributed by atoms with Gasteiger partial charge in [-0.2, -0.15) is 9.29 Å². The van der Waals surface area contributed by atoms with Crippen molar-refractivity contribution >= 4 is 15.9 Å². The standard InChI is InChI=1S/C14H16N4O5S/c1-22-12-3-2-10(6-11(12)13(15)19)24(20,21)18-5-4-9(7-18)14-16-8-23-17-14/h2-3,6,8-9H,4-5,7H2,1H3,(H2,15,19)/t9-/m1/s1. The van der Waals surface area contributed by atoms with Crippen LogP contribution in [0.25, 0.3) is 0 Å². The lowest BCUT2D eigenvalue weighted by Gasteiger charge is -2.17. The Labute approximate surface area is 138 Å². The number of nitrogens with two attached hydrogens (primary N) is 1. The van der Waals surface area contributed by atoms with Gasteiger partial charge in [0.1, 0.15) is 5.75 Å². The van der Waals surface area contributed by atoms with E-state index in [0.717, 1.165) is 0 Å². The van der Waals surface area contributed by atoms with Crippen LogP contribution in [-0.4, -0.2) is 49.0 Å². The number of amides is 1. The van der Waals surface area contributed by atoms with Crippen LogP contribution < -0.4 is 10.5 Å². The van der Waals surface area contributed by atoms with Crippen LogP contribution in [0, 0.1) is 0 Å². The van der Waals surface area contributed by atoms with Crippen LogP contribution in [0.1, 0.15) is 28.5 Å². The van der Waals surface area contributed by atoms with Gasteiger partial charge in [-0.25, -0.2) is 8.42 Å². The summed E-state index contributed by atoms with van der Waals surface area (Å²) >= 11 is 0. The molecule has 2 N–H and O–H groups in total. The first-order chi connectivity index (χ1) is 11.4. The van der Waals surface area contributed by atoms with Crippen molar-refractivity contribution in [3.05, 3.63) is 36.0 Å². The molecular weight excluding hydrogens is 336 g/mol. The number of carbonyl (C=O) groups is 1. The Morgan fingerprint density at radius 1 is 1.46 bits per heavy atom. The van der Waals surface area contributed by atoms with E-state index in [1.54, 1.807) is 0 Å². The lowest BCUT2D eigenvalue weighted by atomic mass is 10.1. The molecule has 1 aliphatic rings. The van der Waals surface area contributed by atoms with E-state index in [2.05, 4.69) is 10.1 Å². The maximum absolute atomic E-state index is 12.8. The highest BCUT2D eigenvalue weighted by Crippen LogP contribution is 2.31. The van der Waals surface area contributed by atoms with Crippen molar-refractivity contribution in [2.45, 2.75) is 17.2 Å². The van der Waals surface area contributed by atoms with Gasteiger partial charge in [-0.05, 0) is 24.6 Å².